The van der Waals surface area contributed by atoms with Crippen LogP contribution < -0.4 is 0 Å². The van der Waals surface area contributed by atoms with E-state index in [1.807, 2.05) is 5.92 Å². The van der Waals surface area contributed by atoms with Crippen molar-refractivity contribution in [3.05, 3.63) is 5.92 Å². The number of unbranched alkanes of at least 4 members (excludes halogenated alkanes) is 15. The third-order valence-electron chi connectivity index (χ3n) is 5.94. The molecule has 0 atom stereocenters. The van der Waals surface area contributed by atoms with Gasteiger partial charge in [0.05, 0.1) is 0 Å². The molecule has 0 aromatic heterocycles. The summed E-state index contributed by atoms with van der Waals surface area (Å²) in [6.45, 7) is 2.30. The van der Waals surface area contributed by atoms with Gasteiger partial charge >= 0.3 is 0 Å². The third-order valence-corrected chi connectivity index (χ3v) is 5.94. The quantitative estimate of drug-likeness (QED) is 0.232. The summed E-state index contributed by atoms with van der Waals surface area (Å²) in [4.78, 5) is 0. The smallest absolute Gasteiger partial charge is 0.0241 e. The molecule has 0 bridgehead atoms. The summed E-state index contributed by atoms with van der Waals surface area (Å²) in [5.74, 6) is 1.90. The Morgan fingerprint density at radius 3 is 1.25 bits per heavy atom. The van der Waals surface area contributed by atoms with Crippen LogP contribution in [-0.2, 0) is 0 Å². The molecule has 143 valence electrons. The van der Waals surface area contributed by atoms with E-state index >= 15 is 0 Å². The molecule has 0 unspecified atom stereocenters. The van der Waals surface area contributed by atoms with Crippen LogP contribution in [0.1, 0.15) is 148 Å². The lowest BCUT2D eigenvalue weighted by Crippen LogP contribution is -2.03. The highest BCUT2D eigenvalue weighted by molar-refractivity contribution is 4.91. The maximum atomic E-state index is 2.30. The normalized spacial score (nSPS) is 15.9. The van der Waals surface area contributed by atoms with E-state index in [2.05, 4.69) is 6.92 Å². The van der Waals surface area contributed by atoms with E-state index in [1.54, 1.807) is 0 Å². The van der Waals surface area contributed by atoms with E-state index in [-0.39, 0.29) is 0 Å². The first-order valence-electron chi connectivity index (χ1n) is 11.8. The van der Waals surface area contributed by atoms with Gasteiger partial charge < -0.3 is 0 Å². The SMILES string of the molecule is CCCCCCCCCCCCCCCCCC[C]1CCCCC1. The van der Waals surface area contributed by atoms with Crippen LogP contribution >= 0.6 is 0 Å². The van der Waals surface area contributed by atoms with Crippen LogP contribution in [0.2, 0.25) is 0 Å². The largest absolute Gasteiger partial charge is 0.0654 e. The third kappa shape index (κ3) is 14.4. The van der Waals surface area contributed by atoms with Crippen molar-refractivity contribution in [2.45, 2.75) is 148 Å². The first-order valence-corrected chi connectivity index (χ1v) is 11.8. The lowest BCUT2D eigenvalue weighted by molar-refractivity contribution is 0.483. The molecule has 0 saturated heterocycles. The highest BCUT2D eigenvalue weighted by Gasteiger charge is 2.12. The molecule has 1 radical (unpaired) electrons. The average Bonchev–Trinajstić information content (AvgIpc) is 2.62. The zero-order valence-corrected chi connectivity index (χ0v) is 17.1. The van der Waals surface area contributed by atoms with Crippen molar-refractivity contribution in [2.75, 3.05) is 0 Å². The summed E-state index contributed by atoms with van der Waals surface area (Å²) in [6, 6.07) is 0. The molecule has 1 aliphatic rings. The monoisotopic (exact) mass is 335 g/mol. The lowest BCUT2D eigenvalue weighted by atomic mass is 9.85. The Labute approximate surface area is 154 Å². The molecule has 0 aromatic carbocycles. The molecule has 0 amide bonds. The summed E-state index contributed by atoms with van der Waals surface area (Å²) < 4.78 is 0. The Bertz CT molecular complexity index is 226. The Balaban J connectivity index is 1.66. The molecule has 0 heterocycles. The van der Waals surface area contributed by atoms with Gasteiger partial charge in [0.25, 0.3) is 0 Å². The molecular weight excluding hydrogens is 288 g/mol. The van der Waals surface area contributed by atoms with Gasteiger partial charge in [0, 0.05) is 0 Å². The topological polar surface area (TPSA) is 0 Å². The number of hydrogen-bond acceptors (Lipinski definition) is 0. The molecule has 0 nitrogen and oxygen atoms in total. The first kappa shape index (κ1) is 22.0. The molecule has 0 N–H and O–H groups in total. The fraction of sp³-hybridized carbons (Fsp3) is 0.958. The minimum Gasteiger partial charge on any atom is -0.0654 e. The standard InChI is InChI=1S/C24H47/c1-2-3-4-5-6-7-8-9-10-11-12-13-14-15-16-18-21-24-22-19-17-20-23-24/h2-23H2,1H3. The van der Waals surface area contributed by atoms with Crippen LogP contribution in [0.5, 0.6) is 0 Å². The summed E-state index contributed by atoms with van der Waals surface area (Å²) in [6.07, 6.45) is 32.5. The van der Waals surface area contributed by atoms with Gasteiger partial charge in [0.2, 0.25) is 0 Å². The molecular formula is C24H47. The van der Waals surface area contributed by atoms with Gasteiger partial charge in [-0.3, -0.25) is 0 Å². The highest BCUT2D eigenvalue weighted by atomic mass is 14.2. The van der Waals surface area contributed by atoms with Gasteiger partial charge in [-0.05, 0) is 25.2 Å². The van der Waals surface area contributed by atoms with Crippen LogP contribution in [0.3, 0.4) is 0 Å². The van der Waals surface area contributed by atoms with Gasteiger partial charge in [-0.1, -0.05) is 129 Å². The van der Waals surface area contributed by atoms with Crippen molar-refractivity contribution < 1.29 is 0 Å². The highest BCUT2D eigenvalue weighted by Crippen LogP contribution is 2.29. The average molecular weight is 336 g/mol. The van der Waals surface area contributed by atoms with Crippen molar-refractivity contribution in [2.24, 2.45) is 0 Å². The van der Waals surface area contributed by atoms with Crippen molar-refractivity contribution in [3.63, 3.8) is 0 Å². The minimum absolute atomic E-state index is 1.37. The molecule has 1 rings (SSSR count). The molecule has 0 aliphatic heterocycles. The zero-order valence-electron chi connectivity index (χ0n) is 17.1. The van der Waals surface area contributed by atoms with Crippen LogP contribution in [0.4, 0.5) is 0 Å². The lowest BCUT2D eigenvalue weighted by Gasteiger charge is -2.20. The predicted octanol–water partition coefficient (Wildman–Crippen LogP) is 9.18. The minimum atomic E-state index is 1.37. The summed E-state index contributed by atoms with van der Waals surface area (Å²) in [7, 11) is 0. The molecule has 24 heavy (non-hydrogen) atoms. The summed E-state index contributed by atoms with van der Waals surface area (Å²) >= 11 is 0. The van der Waals surface area contributed by atoms with Gasteiger partial charge in [0.15, 0.2) is 0 Å². The summed E-state index contributed by atoms with van der Waals surface area (Å²) in [5, 5.41) is 0. The van der Waals surface area contributed by atoms with Crippen LogP contribution in [0.25, 0.3) is 0 Å². The van der Waals surface area contributed by atoms with Crippen molar-refractivity contribution in [1.29, 1.82) is 0 Å². The first-order chi connectivity index (χ1) is 11.9. The van der Waals surface area contributed by atoms with Crippen LogP contribution in [0.15, 0.2) is 0 Å². The Morgan fingerprint density at radius 1 is 0.458 bits per heavy atom. The Kier molecular flexibility index (Phi) is 16.4. The van der Waals surface area contributed by atoms with Gasteiger partial charge in [-0.15, -0.1) is 0 Å². The van der Waals surface area contributed by atoms with Crippen molar-refractivity contribution in [3.8, 4) is 0 Å². The van der Waals surface area contributed by atoms with E-state index in [0.717, 1.165) is 0 Å². The van der Waals surface area contributed by atoms with E-state index in [0.29, 0.717) is 0 Å². The second kappa shape index (κ2) is 17.8. The molecule has 1 fully saturated rings. The Morgan fingerprint density at radius 2 is 0.833 bits per heavy atom. The number of hydrogen-bond donors (Lipinski definition) is 0. The van der Waals surface area contributed by atoms with E-state index in [4.69, 9.17) is 0 Å². The molecule has 0 spiro atoms. The zero-order chi connectivity index (χ0) is 17.1. The molecule has 1 aliphatic carbocycles. The van der Waals surface area contributed by atoms with Gasteiger partial charge in [-0.25, -0.2) is 0 Å². The molecule has 0 heteroatoms. The van der Waals surface area contributed by atoms with Crippen molar-refractivity contribution in [1.82, 2.24) is 0 Å². The van der Waals surface area contributed by atoms with E-state index in [9.17, 15) is 0 Å². The second-order valence-electron chi connectivity index (χ2n) is 8.36. The van der Waals surface area contributed by atoms with Crippen LogP contribution in [-0.4, -0.2) is 0 Å². The predicted molar refractivity (Wildman–Crippen MR) is 110 cm³/mol. The Hall–Kier alpha value is 0. The maximum absolute atomic E-state index is 2.30. The summed E-state index contributed by atoms with van der Waals surface area (Å²) in [5.41, 5.74) is 0. The molecule has 1 saturated carbocycles. The van der Waals surface area contributed by atoms with E-state index < -0.39 is 0 Å². The maximum Gasteiger partial charge on any atom is -0.0241 e. The van der Waals surface area contributed by atoms with Gasteiger partial charge in [0.1, 0.15) is 0 Å². The number of rotatable bonds is 17. The van der Waals surface area contributed by atoms with Crippen molar-refractivity contribution >= 4 is 0 Å². The molecule has 0 aromatic rings. The second-order valence-corrected chi connectivity index (χ2v) is 8.36. The van der Waals surface area contributed by atoms with Gasteiger partial charge in [-0.2, -0.15) is 0 Å². The fourth-order valence-corrected chi connectivity index (χ4v) is 4.22. The van der Waals surface area contributed by atoms with E-state index in [1.165, 1.54) is 141 Å². The van der Waals surface area contributed by atoms with Crippen LogP contribution in [0, 0.1) is 5.92 Å². The fourth-order valence-electron chi connectivity index (χ4n) is 4.22.